The monoisotopic (exact) mass is 330 g/mol. The Morgan fingerprint density at radius 3 is 2.86 bits per heavy atom. The summed E-state index contributed by atoms with van der Waals surface area (Å²) in [5, 5.41) is 10.9. The maximum atomic E-state index is 12.6. The van der Waals surface area contributed by atoms with Crippen LogP contribution in [-0.2, 0) is 4.79 Å². The van der Waals surface area contributed by atoms with Crippen molar-refractivity contribution in [2.24, 2.45) is 0 Å². The quantitative estimate of drug-likeness (QED) is 0.868. The van der Waals surface area contributed by atoms with E-state index < -0.39 is 5.92 Å². The highest BCUT2D eigenvalue weighted by Gasteiger charge is 2.38. The molecule has 1 fully saturated rings. The largest absolute Gasteiger partial charge is 0.497 e. The predicted octanol–water partition coefficient (Wildman–Crippen LogP) is 3.88. The Bertz CT molecular complexity index is 766. The van der Waals surface area contributed by atoms with Crippen molar-refractivity contribution in [2.75, 3.05) is 7.11 Å². The van der Waals surface area contributed by atoms with E-state index in [0.29, 0.717) is 15.0 Å². The van der Waals surface area contributed by atoms with E-state index in [-0.39, 0.29) is 5.78 Å². The van der Waals surface area contributed by atoms with E-state index in [9.17, 15) is 4.79 Å². The lowest BCUT2D eigenvalue weighted by molar-refractivity contribution is -0.114. The van der Waals surface area contributed by atoms with Crippen molar-refractivity contribution in [2.45, 2.75) is 12.8 Å². The third-order valence-corrected chi connectivity index (χ3v) is 5.28. The van der Waals surface area contributed by atoms with E-state index in [1.54, 1.807) is 13.3 Å². The van der Waals surface area contributed by atoms with E-state index in [1.807, 2.05) is 36.6 Å². The molecule has 1 N–H and O–H groups in total. The molecule has 0 spiro atoms. The van der Waals surface area contributed by atoms with Gasteiger partial charge in [0.05, 0.1) is 17.1 Å². The number of Topliss-reactive ketones (excluding diaryl/α,β-unsaturated/α-hetero) is 1. The first-order valence-electron chi connectivity index (χ1n) is 6.66. The van der Waals surface area contributed by atoms with Crippen LogP contribution < -0.4 is 4.74 Å². The minimum Gasteiger partial charge on any atom is -0.497 e. The molecule has 1 aromatic carbocycles. The van der Waals surface area contributed by atoms with Crippen molar-refractivity contribution in [3.05, 3.63) is 50.8 Å². The zero-order valence-corrected chi connectivity index (χ0v) is 13.8. The summed E-state index contributed by atoms with van der Waals surface area (Å²) in [6.45, 7) is 1.97. The van der Waals surface area contributed by atoms with E-state index in [4.69, 9.17) is 10.1 Å². The molecule has 0 unspecified atom stereocenters. The van der Waals surface area contributed by atoms with Crippen molar-refractivity contribution in [1.82, 2.24) is 4.98 Å². The van der Waals surface area contributed by atoms with Crippen LogP contribution >= 0.6 is 23.1 Å². The number of ketones is 1. The van der Waals surface area contributed by atoms with Crippen molar-refractivity contribution in [1.29, 1.82) is 5.41 Å². The maximum absolute atomic E-state index is 12.6. The number of nitrogens with one attached hydrogen (secondary N) is 1. The van der Waals surface area contributed by atoms with Gasteiger partial charge in [0, 0.05) is 11.6 Å². The Balaban J connectivity index is 1.93. The normalized spacial score (nSPS) is 19.9. The third kappa shape index (κ3) is 2.71. The van der Waals surface area contributed by atoms with Gasteiger partial charge >= 0.3 is 0 Å². The van der Waals surface area contributed by atoms with Crippen LogP contribution in [0.25, 0.3) is 6.08 Å². The zero-order valence-electron chi connectivity index (χ0n) is 12.1. The van der Waals surface area contributed by atoms with Crippen molar-refractivity contribution in [3.63, 3.8) is 0 Å². The molecule has 1 saturated heterocycles. The lowest BCUT2D eigenvalue weighted by Crippen LogP contribution is -2.11. The molecule has 4 nitrogen and oxygen atoms in total. The Morgan fingerprint density at radius 1 is 1.41 bits per heavy atom. The fourth-order valence-corrected chi connectivity index (χ4v) is 4.07. The van der Waals surface area contributed by atoms with Crippen LogP contribution in [0.2, 0.25) is 0 Å². The fraction of sp³-hybridized carbons (Fsp3) is 0.188. The number of carbonyl (C=O) groups excluding carboxylic acids is 1. The number of hydrogen-bond acceptors (Lipinski definition) is 6. The minimum absolute atomic E-state index is 0.0415. The first-order chi connectivity index (χ1) is 10.6. The Hall–Kier alpha value is -1.92. The van der Waals surface area contributed by atoms with E-state index in [2.05, 4.69) is 4.98 Å². The third-order valence-electron chi connectivity index (χ3n) is 3.45. The number of ether oxygens (including phenoxy) is 1. The molecule has 1 aliphatic heterocycles. The smallest absolute Gasteiger partial charge is 0.186 e. The van der Waals surface area contributed by atoms with Gasteiger partial charge in [0.25, 0.3) is 0 Å². The molecule has 3 rings (SSSR count). The van der Waals surface area contributed by atoms with Crippen molar-refractivity contribution >= 4 is 40.0 Å². The number of aromatic nitrogens is 1. The average Bonchev–Trinajstić information content (AvgIpc) is 3.10. The molecule has 112 valence electrons. The van der Waals surface area contributed by atoms with Crippen LogP contribution in [0.3, 0.4) is 0 Å². The molecule has 0 bridgehead atoms. The minimum atomic E-state index is -0.533. The Labute approximate surface area is 136 Å². The highest BCUT2D eigenvalue weighted by Crippen LogP contribution is 2.41. The van der Waals surface area contributed by atoms with Crippen LogP contribution in [0.4, 0.5) is 0 Å². The number of thiazole rings is 1. The molecule has 0 amide bonds. The second-order valence-electron chi connectivity index (χ2n) is 4.87. The molecular formula is C16H14N2O2S2. The van der Waals surface area contributed by atoms with E-state index >= 15 is 0 Å². The van der Waals surface area contributed by atoms with E-state index in [1.165, 1.54) is 23.1 Å². The zero-order chi connectivity index (χ0) is 15.7. The average molecular weight is 330 g/mol. The van der Waals surface area contributed by atoms with Gasteiger partial charge in [-0.15, -0.1) is 11.3 Å². The number of thioether (sulfide) groups is 1. The van der Waals surface area contributed by atoms with Crippen molar-refractivity contribution in [3.8, 4) is 5.75 Å². The van der Waals surface area contributed by atoms with Gasteiger partial charge in [0.2, 0.25) is 0 Å². The Morgan fingerprint density at radius 2 is 2.23 bits per heavy atom. The van der Waals surface area contributed by atoms with Gasteiger partial charge in [-0.05, 0) is 36.3 Å². The molecule has 0 saturated carbocycles. The van der Waals surface area contributed by atoms with Gasteiger partial charge in [0.15, 0.2) is 5.78 Å². The summed E-state index contributed by atoms with van der Waals surface area (Å²) in [7, 11) is 1.63. The topological polar surface area (TPSA) is 63.0 Å². The van der Waals surface area contributed by atoms with Gasteiger partial charge in [-0.1, -0.05) is 17.8 Å². The van der Waals surface area contributed by atoms with Crippen LogP contribution in [0.15, 0.2) is 34.7 Å². The molecule has 1 aliphatic rings. The summed E-state index contributed by atoms with van der Waals surface area (Å²) < 4.78 is 5.19. The van der Waals surface area contributed by atoms with Crippen LogP contribution in [0, 0.1) is 12.3 Å². The molecule has 0 aliphatic carbocycles. The fourth-order valence-electron chi connectivity index (χ4n) is 2.27. The second kappa shape index (κ2) is 6.06. The number of carbonyl (C=O) groups is 1. The molecule has 6 heteroatoms. The van der Waals surface area contributed by atoms with Gasteiger partial charge in [-0.2, -0.15) is 0 Å². The van der Waals surface area contributed by atoms with Gasteiger partial charge in [-0.25, -0.2) is 4.98 Å². The summed E-state index contributed by atoms with van der Waals surface area (Å²) in [5.41, 5.74) is 1.99. The number of allylic oxidation sites excluding steroid dienone is 1. The summed E-state index contributed by atoms with van der Waals surface area (Å²) in [6, 6.07) is 5.72. The van der Waals surface area contributed by atoms with Crippen LogP contribution in [-0.4, -0.2) is 22.9 Å². The summed E-state index contributed by atoms with van der Waals surface area (Å²) >= 11 is 2.64. The molecule has 22 heavy (non-hydrogen) atoms. The first-order valence-corrected chi connectivity index (χ1v) is 8.36. The lowest BCUT2D eigenvalue weighted by Gasteiger charge is -2.05. The summed E-state index contributed by atoms with van der Waals surface area (Å²) in [6.07, 6.45) is 3.52. The molecule has 0 radical (unpaired) electrons. The molecule has 2 heterocycles. The predicted molar refractivity (Wildman–Crippen MR) is 90.9 cm³/mol. The number of rotatable bonds is 3. The van der Waals surface area contributed by atoms with Crippen molar-refractivity contribution < 1.29 is 9.53 Å². The number of nitrogens with zero attached hydrogens (tertiary/aromatic N) is 1. The number of methoxy groups -OCH3 is 1. The highest BCUT2D eigenvalue weighted by atomic mass is 32.2. The van der Waals surface area contributed by atoms with Gasteiger partial charge in [-0.3, -0.25) is 10.2 Å². The molecular weight excluding hydrogens is 316 g/mol. The Kier molecular flexibility index (Phi) is 4.13. The van der Waals surface area contributed by atoms with Gasteiger partial charge < -0.3 is 4.74 Å². The van der Waals surface area contributed by atoms with Gasteiger partial charge in [0.1, 0.15) is 16.7 Å². The SMILES string of the molecule is COc1ccc(/C=C2\SC(=N)[C@@H](c3nccs3)C2=O)c(C)c1. The molecule has 2 aromatic rings. The van der Waals surface area contributed by atoms with E-state index in [0.717, 1.165) is 16.9 Å². The summed E-state index contributed by atoms with van der Waals surface area (Å²) in [4.78, 5) is 17.3. The maximum Gasteiger partial charge on any atom is 0.186 e. The second-order valence-corrected chi connectivity index (χ2v) is 6.87. The van der Waals surface area contributed by atoms with Crippen LogP contribution in [0.5, 0.6) is 5.75 Å². The molecule has 1 aromatic heterocycles. The highest BCUT2D eigenvalue weighted by molar-refractivity contribution is 8.19. The van der Waals surface area contributed by atoms with Crippen LogP contribution in [0.1, 0.15) is 22.1 Å². The molecule has 1 atom stereocenters. The lowest BCUT2D eigenvalue weighted by atomic mass is 10.0. The summed E-state index contributed by atoms with van der Waals surface area (Å²) in [5.74, 6) is 0.216. The number of hydrogen-bond donors (Lipinski definition) is 1. The number of aryl methyl sites for hydroxylation is 1. The number of benzene rings is 1. The standard InChI is InChI=1S/C16H14N2O2S2/c1-9-7-11(20-2)4-3-10(9)8-12-14(19)13(15(17)22-12)16-18-5-6-21-16/h3-8,13,17H,1-2H3/b12-8-,17-15?/t13-/m0/s1. The first kappa shape index (κ1) is 15.0.